The van der Waals surface area contributed by atoms with Crippen LogP contribution in [0.15, 0.2) is 82.0 Å². The van der Waals surface area contributed by atoms with Crippen molar-refractivity contribution in [2.24, 2.45) is 0 Å². The number of amides is 1. The minimum atomic E-state index is -0.984. The van der Waals surface area contributed by atoms with Crippen LogP contribution in [0.2, 0.25) is 5.02 Å². The Hall–Kier alpha value is -3.90. The van der Waals surface area contributed by atoms with Gasteiger partial charge in [0.15, 0.2) is 11.9 Å². The summed E-state index contributed by atoms with van der Waals surface area (Å²) in [6.07, 6.45) is -0.984. The molecule has 3 aromatic carbocycles. The Morgan fingerprint density at radius 2 is 1.64 bits per heavy atom. The first-order valence-corrected chi connectivity index (χ1v) is 10.6. The van der Waals surface area contributed by atoms with Crippen molar-refractivity contribution in [2.45, 2.75) is 20.0 Å². The van der Waals surface area contributed by atoms with E-state index in [9.17, 15) is 14.4 Å². The maximum absolute atomic E-state index is 13.3. The molecule has 166 valence electrons. The number of carbonyl (C=O) groups is 2. The van der Waals surface area contributed by atoms with Crippen LogP contribution in [0, 0.1) is 0 Å². The molecule has 0 radical (unpaired) electrons. The quantitative estimate of drug-likeness (QED) is 0.371. The molecule has 0 saturated carbocycles. The second-order valence-corrected chi connectivity index (χ2v) is 7.86. The molecule has 0 spiro atoms. The largest absolute Gasteiger partial charge is 0.475 e. The van der Waals surface area contributed by atoms with Crippen LogP contribution in [-0.4, -0.2) is 17.8 Å². The lowest BCUT2D eigenvalue weighted by atomic mass is 10.1. The number of fused-ring (bicyclic) bond motifs is 1. The van der Waals surface area contributed by atoms with E-state index in [4.69, 9.17) is 20.8 Å². The molecule has 0 aliphatic carbocycles. The van der Waals surface area contributed by atoms with Crippen LogP contribution < -0.4 is 15.5 Å². The van der Waals surface area contributed by atoms with Gasteiger partial charge in [-0.2, -0.15) is 0 Å². The molecule has 1 amide bonds. The summed E-state index contributed by atoms with van der Waals surface area (Å²) in [5.74, 6) is -0.467. The van der Waals surface area contributed by atoms with E-state index >= 15 is 0 Å². The third-order valence-corrected chi connectivity index (χ3v) is 5.36. The highest BCUT2D eigenvalue weighted by molar-refractivity contribution is 6.33. The smallest absolute Gasteiger partial charge is 0.235 e. The summed E-state index contributed by atoms with van der Waals surface area (Å²) >= 11 is 6.37. The number of hydrogen-bond donors (Lipinski definition) is 1. The minimum Gasteiger partial charge on any atom is -0.475 e. The molecule has 4 rings (SSSR count). The molecule has 1 heterocycles. The van der Waals surface area contributed by atoms with Crippen molar-refractivity contribution in [1.29, 1.82) is 0 Å². The van der Waals surface area contributed by atoms with Gasteiger partial charge in [-0.15, -0.1) is 0 Å². The van der Waals surface area contributed by atoms with Gasteiger partial charge in [0.2, 0.25) is 22.9 Å². The maximum atomic E-state index is 13.3. The molecule has 0 fully saturated rings. The van der Waals surface area contributed by atoms with Crippen molar-refractivity contribution >= 4 is 39.9 Å². The molecular formula is C26H20ClNO5. The minimum absolute atomic E-state index is 0.0856. The number of benzene rings is 3. The van der Waals surface area contributed by atoms with Crippen LogP contribution in [0.5, 0.6) is 5.75 Å². The summed E-state index contributed by atoms with van der Waals surface area (Å²) < 4.78 is 11.9. The summed E-state index contributed by atoms with van der Waals surface area (Å²) in [7, 11) is 0. The Balaban J connectivity index is 1.73. The van der Waals surface area contributed by atoms with Gasteiger partial charge in [0.05, 0.1) is 10.4 Å². The third kappa shape index (κ3) is 4.66. The van der Waals surface area contributed by atoms with Crippen LogP contribution >= 0.6 is 11.6 Å². The molecule has 0 aliphatic rings. The zero-order chi connectivity index (χ0) is 23.5. The molecule has 6 nitrogen and oxygen atoms in total. The molecule has 0 saturated heterocycles. The first-order chi connectivity index (χ1) is 15.8. The van der Waals surface area contributed by atoms with E-state index < -0.39 is 11.5 Å². The predicted octanol–water partition coefficient (Wildman–Crippen LogP) is 5.72. The number of ketones is 1. The number of ether oxygens (including phenoxy) is 1. The van der Waals surface area contributed by atoms with Crippen molar-refractivity contribution in [3.05, 3.63) is 93.6 Å². The van der Waals surface area contributed by atoms with Gasteiger partial charge >= 0.3 is 0 Å². The fourth-order valence-corrected chi connectivity index (χ4v) is 3.66. The van der Waals surface area contributed by atoms with E-state index in [1.807, 2.05) is 0 Å². The third-order valence-electron chi connectivity index (χ3n) is 5.03. The van der Waals surface area contributed by atoms with Gasteiger partial charge in [0.25, 0.3) is 0 Å². The van der Waals surface area contributed by atoms with E-state index in [1.165, 1.54) is 6.92 Å². The summed E-state index contributed by atoms with van der Waals surface area (Å²) in [6.45, 7) is 2.97. The summed E-state index contributed by atoms with van der Waals surface area (Å²) in [4.78, 5) is 37.5. The van der Waals surface area contributed by atoms with E-state index in [-0.39, 0.29) is 23.2 Å². The zero-order valence-electron chi connectivity index (χ0n) is 17.9. The number of rotatable bonds is 6. The Labute approximate surface area is 194 Å². The molecular weight excluding hydrogens is 442 g/mol. The number of anilines is 1. The predicted molar refractivity (Wildman–Crippen MR) is 128 cm³/mol. The van der Waals surface area contributed by atoms with Crippen molar-refractivity contribution in [3.63, 3.8) is 0 Å². The first kappa shape index (κ1) is 22.3. The van der Waals surface area contributed by atoms with Crippen molar-refractivity contribution in [2.75, 3.05) is 5.32 Å². The Morgan fingerprint density at radius 1 is 0.970 bits per heavy atom. The number of Topliss-reactive ketones (excluding diaryl/α,β-unsaturated/α-hetero) is 1. The fourth-order valence-electron chi connectivity index (χ4n) is 3.44. The average molecular weight is 462 g/mol. The highest BCUT2D eigenvalue weighted by atomic mass is 35.5. The van der Waals surface area contributed by atoms with Crippen LogP contribution in [0.25, 0.3) is 22.3 Å². The van der Waals surface area contributed by atoms with Gasteiger partial charge in [0, 0.05) is 23.7 Å². The number of para-hydroxylation sites is 1. The van der Waals surface area contributed by atoms with Crippen LogP contribution in [0.3, 0.4) is 0 Å². The summed E-state index contributed by atoms with van der Waals surface area (Å²) in [6, 6.07) is 20.2. The molecule has 0 bridgehead atoms. The lowest BCUT2D eigenvalue weighted by Gasteiger charge is -2.17. The van der Waals surface area contributed by atoms with Crippen LogP contribution in [0.4, 0.5) is 5.69 Å². The highest BCUT2D eigenvalue weighted by Gasteiger charge is 2.24. The van der Waals surface area contributed by atoms with E-state index in [1.54, 1.807) is 79.7 Å². The fraction of sp³-hybridized carbons (Fsp3) is 0.115. The summed E-state index contributed by atoms with van der Waals surface area (Å²) in [5, 5.41) is 3.37. The highest BCUT2D eigenvalue weighted by Crippen LogP contribution is 2.35. The molecule has 1 N–H and O–H groups in total. The Morgan fingerprint density at radius 3 is 2.33 bits per heavy atom. The van der Waals surface area contributed by atoms with Crippen LogP contribution in [-0.2, 0) is 4.79 Å². The normalized spacial score (nSPS) is 11.7. The monoisotopic (exact) mass is 461 g/mol. The van der Waals surface area contributed by atoms with Gasteiger partial charge in [-0.25, -0.2) is 0 Å². The van der Waals surface area contributed by atoms with Gasteiger partial charge in [-0.1, -0.05) is 35.9 Å². The van der Waals surface area contributed by atoms with Crippen molar-refractivity contribution < 1.29 is 18.7 Å². The molecule has 1 aromatic heterocycles. The second kappa shape index (κ2) is 9.30. The number of hydrogen-bond acceptors (Lipinski definition) is 5. The molecule has 4 aromatic rings. The zero-order valence-corrected chi connectivity index (χ0v) is 18.7. The lowest BCUT2D eigenvalue weighted by Crippen LogP contribution is -2.26. The van der Waals surface area contributed by atoms with Crippen molar-refractivity contribution in [3.8, 4) is 17.1 Å². The van der Waals surface area contributed by atoms with Gasteiger partial charge < -0.3 is 14.5 Å². The lowest BCUT2D eigenvalue weighted by molar-refractivity contribution is -0.114. The van der Waals surface area contributed by atoms with Crippen LogP contribution in [0.1, 0.15) is 24.2 Å². The van der Waals surface area contributed by atoms with Gasteiger partial charge in [-0.05, 0) is 55.5 Å². The average Bonchev–Trinajstić information content (AvgIpc) is 2.81. The first-order valence-electron chi connectivity index (χ1n) is 10.2. The maximum Gasteiger partial charge on any atom is 0.235 e. The standard InChI is InChI=1S/C26H20ClNO5/c1-15(23(30)17-11-13-18(14-12-17)28-16(2)29)32-26-24(31)20-8-4-6-10-22(20)33-25(26)19-7-3-5-9-21(19)27/h3-15H,1-2H3,(H,28,29). The number of carbonyl (C=O) groups excluding carboxylic acids is 2. The van der Waals surface area contributed by atoms with E-state index in [2.05, 4.69) is 5.32 Å². The second-order valence-electron chi connectivity index (χ2n) is 7.45. The van der Waals surface area contributed by atoms with E-state index in [0.29, 0.717) is 32.8 Å². The SMILES string of the molecule is CC(=O)Nc1ccc(C(=O)C(C)Oc2c(-c3ccccc3Cl)oc3ccccc3c2=O)cc1. The molecule has 7 heteroatoms. The number of nitrogens with one attached hydrogen (secondary N) is 1. The summed E-state index contributed by atoms with van der Waals surface area (Å²) in [5.41, 5.74) is 1.42. The van der Waals surface area contributed by atoms with Crippen molar-refractivity contribution in [1.82, 2.24) is 0 Å². The van der Waals surface area contributed by atoms with E-state index in [0.717, 1.165) is 0 Å². The molecule has 1 unspecified atom stereocenters. The Kier molecular flexibility index (Phi) is 6.29. The molecule has 1 atom stereocenters. The van der Waals surface area contributed by atoms with Gasteiger partial charge in [-0.3, -0.25) is 14.4 Å². The topological polar surface area (TPSA) is 85.6 Å². The molecule has 33 heavy (non-hydrogen) atoms. The van der Waals surface area contributed by atoms with Gasteiger partial charge in [0.1, 0.15) is 5.58 Å². The molecule has 0 aliphatic heterocycles. The Bertz CT molecular complexity index is 1410. The number of halogens is 1.